The number of hydrogen-bond acceptors (Lipinski definition) is 9. The maximum atomic E-state index is 12.2. The molecule has 0 aromatic carbocycles. The third-order valence-corrected chi connectivity index (χ3v) is 2.75. The quantitative estimate of drug-likeness (QED) is 0.676. The van der Waals surface area contributed by atoms with E-state index in [0.717, 1.165) is 0 Å². The molecule has 0 aromatic rings. The number of nitrogens with zero attached hydrogens (tertiary/aromatic N) is 8. The highest BCUT2D eigenvalue weighted by Crippen LogP contribution is 2.34. The normalized spacial score (nSPS) is 12.0. The number of carbonyl (C=O) groups excluding carboxylic acids is 1. The largest absolute Gasteiger partial charge is 0.296 e. The van der Waals surface area contributed by atoms with Crippen molar-refractivity contribution in [3.8, 4) is 48.6 Å². The molecule has 9 nitrogen and oxygen atoms in total. The van der Waals surface area contributed by atoms with Gasteiger partial charge in [-0.25, -0.2) is 0 Å². The van der Waals surface area contributed by atoms with Gasteiger partial charge in [0.2, 0.25) is 0 Å². The van der Waals surface area contributed by atoms with Crippen molar-refractivity contribution in [2.24, 2.45) is 22.7 Å². The van der Waals surface area contributed by atoms with Crippen LogP contribution in [0, 0.1) is 113 Å². The van der Waals surface area contributed by atoms with E-state index in [4.69, 9.17) is 42.1 Å². The van der Waals surface area contributed by atoms with Gasteiger partial charge < -0.3 is 0 Å². The minimum atomic E-state index is -2.72. The van der Waals surface area contributed by atoms with Gasteiger partial charge in [-0.3, -0.25) is 4.79 Å². The Hall–Kier alpha value is -4.41. The summed E-state index contributed by atoms with van der Waals surface area (Å²) in [7, 11) is 0. The molecular formula is C13H2N8O. The van der Waals surface area contributed by atoms with Gasteiger partial charge in [0.05, 0.1) is 12.1 Å². The summed E-state index contributed by atoms with van der Waals surface area (Å²) in [6, 6.07) is 9.76. The maximum absolute atomic E-state index is 12.2. The first-order chi connectivity index (χ1) is 10.4. The summed E-state index contributed by atoms with van der Waals surface area (Å²) in [5.41, 5.74) is -5.43. The average molecular weight is 286 g/mol. The van der Waals surface area contributed by atoms with Crippen LogP contribution in [0.3, 0.4) is 0 Å². The molecule has 0 spiro atoms. The Bertz CT molecular complexity index is 688. The Morgan fingerprint density at radius 3 is 0.955 bits per heavy atom. The summed E-state index contributed by atoms with van der Waals surface area (Å²) >= 11 is 0. The van der Waals surface area contributed by atoms with Crippen molar-refractivity contribution in [2.45, 2.75) is 0 Å². The number of nitriles is 8. The van der Waals surface area contributed by atoms with Crippen LogP contribution in [-0.4, -0.2) is 5.78 Å². The van der Waals surface area contributed by atoms with Crippen molar-refractivity contribution in [3.05, 3.63) is 0 Å². The lowest BCUT2D eigenvalue weighted by Gasteiger charge is -2.21. The smallest absolute Gasteiger partial charge is 0.251 e. The highest BCUT2D eigenvalue weighted by atomic mass is 16.1. The van der Waals surface area contributed by atoms with Crippen molar-refractivity contribution in [2.75, 3.05) is 0 Å². The van der Waals surface area contributed by atoms with E-state index in [2.05, 4.69) is 0 Å². The molecule has 0 rings (SSSR count). The van der Waals surface area contributed by atoms with E-state index >= 15 is 0 Å². The minimum Gasteiger partial charge on any atom is -0.296 e. The highest BCUT2D eigenvalue weighted by Gasteiger charge is 2.54. The van der Waals surface area contributed by atoms with E-state index in [-0.39, 0.29) is 0 Å². The van der Waals surface area contributed by atoms with E-state index in [1.807, 2.05) is 0 Å². The first kappa shape index (κ1) is 17.6. The second-order valence-electron chi connectivity index (χ2n) is 3.81. The Morgan fingerprint density at radius 1 is 0.591 bits per heavy atom. The molecule has 0 radical (unpaired) electrons. The molecular weight excluding hydrogens is 284 g/mol. The van der Waals surface area contributed by atoms with Gasteiger partial charge in [0.15, 0.2) is 17.6 Å². The minimum absolute atomic E-state index is 1.21. The zero-order valence-corrected chi connectivity index (χ0v) is 10.6. The number of rotatable bonds is 4. The Morgan fingerprint density at radius 2 is 0.818 bits per heavy atom. The van der Waals surface area contributed by atoms with Crippen molar-refractivity contribution in [1.82, 2.24) is 0 Å². The summed E-state index contributed by atoms with van der Waals surface area (Å²) in [6.07, 6.45) is 0. The zero-order valence-electron chi connectivity index (χ0n) is 10.6. The van der Waals surface area contributed by atoms with Crippen LogP contribution in [0.5, 0.6) is 0 Å². The molecule has 0 bridgehead atoms. The van der Waals surface area contributed by atoms with Crippen molar-refractivity contribution in [3.63, 3.8) is 0 Å². The first-order valence-electron chi connectivity index (χ1n) is 5.23. The summed E-state index contributed by atoms with van der Waals surface area (Å²) in [6.45, 7) is 0. The molecule has 2 unspecified atom stereocenters. The Kier molecular flexibility index (Phi) is 5.33. The van der Waals surface area contributed by atoms with Gasteiger partial charge in [0.25, 0.3) is 10.8 Å². The SMILES string of the molecule is N#CC(C(=O)C(C#N)C(C#N)(C#N)C#N)C(C#N)(C#N)C#N. The van der Waals surface area contributed by atoms with Crippen LogP contribution in [0.15, 0.2) is 0 Å². The number of hydrogen-bond donors (Lipinski definition) is 0. The second-order valence-corrected chi connectivity index (χ2v) is 3.81. The van der Waals surface area contributed by atoms with Crippen LogP contribution in [0.25, 0.3) is 0 Å². The molecule has 100 valence electrons. The lowest BCUT2D eigenvalue weighted by atomic mass is 9.68. The molecule has 0 amide bonds. The van der Waals surface area contributed by atoms with Crippen molar-refractivity contribution in [1.29, 1.82) is 42.1 Å². The van der Waals surface area contributed by atoms with Crippen molar-refractivity contribution >= 4 is 5.78 Å². The van der Waals surface area contributed by atoms with E-state index in [1.165, 1.54) is 48.6 Å². The van der Waals surface area contributed by atoms with Crippen LogP contribution in [0.2, 0.25) is 0 Å². The molecule has 0 aliphatic rings. The molecule has 2 atom stereocenters. The van der Waals surface area contributed by atoms with Crippen molar-refractivity contribution < 1.29 is 4.79 Å². The van der Waals surface area contributed by atoms with Crippen LogP contribution < -0.4 is 0 Å². The predicted molar refractivity (Wildman–Crippen MR) is 61.8 cm³/mol. The summed E-state index contributed by atoms with van der Waals surface area (Å²) in [5, 5.41) is 71.2. The monoisotopic (exact) mass is 286 g/mol. The molecule has 0 aromatic heterocycles. The number of carbonyl (C=O) groups is 1. The standard InChI is InChI=1S/C13H2N8O/c14-1-9(12(3-16,4-17)5-18)11(22)10(2-15)13(6-19,7-20)8-21/h9-10H. The Balaban J connectivity index is 6.31. The van der Waals surface area contributed by atoms with Crippen LogP contribution >= 0.6 is 0 Å². The molecule has 0 saturated carbocycles. The lowest BCUT2D eigenvalue weighted by molar-refractivity contribution is -0.125. The van der Waals surface area contributed by atoms with E-state index in [9.17, 15) is 4.79 Å². The lowest BCUT2D eigenvalue weighted by Crippen LogP contribution is -2.41. The third-order valence-electron chi connectivity index (χ3n) is 2.75. The molecule has 0 aliphatic carbocycles. The van der Waals surface area contributed by atoms with Gasteiger partial charge in [0, 0.05) is 0 Å². The molecule has 0 heterocycles. The molecule has 0 N–H and O–H groups in total. The average Bonchev–Trinajstić information content (AvgIpc) is 2.57. The predicted octanol–water partition coefficient (Wildman–Crippen LogP) is -0.0507. The maximum Gasteiger partial charge on any atom is 0.251 e. The van der Waals surface area contributed by atoms with Gasteiger partial charge in [-0.2, -0.15) is 42.1 Å². The van der Waals surface area contributed by atoms with Gasteiger partial charge in [-0.1, -0.05) is 0 Å². The molecule has 0 fully saturated rings. The number of Topliss-reactive ketones (excluding diaryl/α,β-unsaturated/α-hetero) is 1. The van der Waals surface area contributed by atoms with E-state index in [0.29, 0.717) is 0 Å². The third kappa shape index (κ3) is 2.35. The van der Waals surface area contributed by atoms with Gasteiger partial charge in [0.1, 0.15) is 36.4 Å². The molecule has 0 saturated heterocycles. The van der Waals surface area contributed by atoms with Crippen LogP contribution in [0.1, 0.15) is 0 Å². The molecule has 9 heteroatoms. The van der Waals surface area contributed by atoms with Crippen LogP contribution in [-0.2, 0) is 4.79 Å². The fourth-order valence-electron chi connectivity index (χ4n) is 1.45. The fourth-order valence-corrected chi connectivity index (χ4v) is 1.45. The Labute approximate surface area is 124 Å². The second kappa shape index (κ2) is 6.67. The fraction of sp³-hybridized carbons (Fsp3) is 0.308. The van der Waals surface area contributed by atoms with Gasteiger partial charge in [-0.15, -0.1) is 0 Å². The molecule has 0 aliphatic heterocycles. The summed E-state index contributed by atoms with van der Waals surface area (Å²) in [5.74, 6) is -5.92. The number of ketones is 1. The highest BCUT2D eigenvalue weighted by molar-refractivity contribution is 5.92. The summed E-state index contributed by atoms with van der Waals surface area (Å²) in [4.78, 5) is 12.2. The van der Waals surface area contributed by atoms with Crippen LogP contribution in [0.4, 0.5) is 0 Å². The van der Waals surface area contributed by atoms with Gasteiger partial charge in [-0.05, 0) is 0 Å². The molecule has 22 heavy (non-hydrogen) atoms. The van der Waals surface area contributed by atoms with E-state index < -0.39 is 28.4 Å². The van der Waals surface area contributed by atoms with E-state index in [1.54, 1.807) is 0 Å². The first-order valence-corrected chi connectivity index (χ1v) is 5.23. The topological polar surface area (TPSA) is 207 Å². The van der Waals surface area contributed by atoms with Gasteiger partial charge >= 0.3 is 0 Å². The summed E-state index contributed by atoms with van der Waals surface area (Å²) < 4.78 is 0. The zero-order chi connectivity index (χ0) is 17.4.